The number of benzene rings is 2. The van der Waals surface area contributed by atoms with Gasteiger partial charge in [-0.3, -0.25) is 14.8 Å². The number of hydrogen-bond donors (Lipinski definition) is 2. The lowest BCUT2D eigenvalue weighted by atomic mass is 9.87. The van der Waals surface area contributed by atoms with Crippen LogP contribution in [-0.2, 0) is 11.3 Å². The molecule has 0 unspecified atom stereocenters. The second kappa shape index (κ2) is 8.66. The number of carbonyl (C=O) groups is 2. The van der Waals surface area contributed by atoms with Crippen molar-refractivity contribution in [2.45, 2.75) is 44.7 Å². The first-order valence-corrected chi connectivity index (χ1v) is 10.2. The normalized spacial score (nSPS) is 19.6. The Labute approximate surface area is 170 Å². The minimum Gasteiger partial charge on any atom is -0.491 e. The number of hydrogen-bond acceptors (Lipinski definition) is 4. The van der Waals surface area contributed by atoms with Gasteiger partial charge in [0.15, 0.2) is 0 Å². The van der Waals surface area contributed by atoms with Crippen molar-refractivity contribution in [2.24, 2.45) is 5.92 Å². The zero-order valence-corrected chi connectivity index (χ0v) is 16.3. The number of rotatable bonds is 3. The van der Waals surface area contributed by atoms with Crippen LogP contribution < -0.4 is 10.2 Å². The van der Waals surface area contributed by atoms with Crippen molar-refractivity contribution in [1.82, 2.24) is 10.4 Å². The van der Waals surface area contributed by atoms with Crippen LogP contribution in [0.3, 0.4) is 0 Å². The molecule has 1 aliphatic heterocycles. The Hall–Kier alpha value is -2.86. The topological polar surface area (TPSA) is 78.9 Å². The molecule has 2 aromatic rings. The zero-order chi connectivity index (χ0) is 20.2. The molecule has 1 saturated carbocycles. The van der Waals surface area contributed by atoms with Crippen molar-refractivity contribution in [2.75, 3.05) is 6.61 Å². The van der Waals surface area contributed by atoms with E-state index in [4.69, 9.17) is 9.94 Å². The van der Waals surface area contributed by atoms with Crippen molar-refractivity contribution in [1.29, 1.82) is 0 Å². The molecule has 0 aromatic heterocycles. The molecule has 2 N–H and O–H groups in total. The second-order valence-electron chi connectivity index (χ2n) is 7.80. The van der Waals surface area contributed by atoms with E-state index in [1.165, 1.54) is 6.42 Å². The minimum absolute atomic E-state index is 0.0657. The average molecular weight is 394 g/mol. The van der Waals surface area contributed by atoms with Crippen LogP contribution >= 0.6 is 0 Å². The van der Waals surface area contributed by atoms with E-state index in [0.29, 0.717) is 24.5 Å². The molecule has 0 saturated heterocycles. The standard InChI is InChI=1S/C23H26N2O4/c26-22(24-28)18-11-12-19-14-25(23(27)17-9-5-2-6-10-17)20(15-29-21(19)13-18)16-7-3-1-4-8-16/h1,3-4,7-8,11-13,17,20,28H,2,5-6,9-10,14-15H2,(H,24,26)/t20-/m1/s1. The maximum absolute atomic E-state index is 13.5. The summed E-state index contributed by atoms with van der Waals surface area (Å²) in [6, 6.07) is 14.8. The molecular weight excluding hydrogens is 368 g/mol. The van der Waals surface area contributed by atoms with Crippen LogP contribution in [0.15, 0.2) is 48.5 Å². The summed E-state index contributed by atoms with van der Waals surface area (Å²) >= 11 is 0. The summed E-state index contributed by atoms with van der Waals surface area (Å²) in [6.07, 6.45) is 5.30. The molecule has 1 aliphatic carbocycles. The van der Waals surface area contributed by atoms with Gasteiger partial charge in [0.25, 0.3) is 5.91 Å². The largest absolute Gasteiger partial charge is 0.491 e. The maximum atomic E-state index is 13.5. The van der Waals surface area contributed by atoms with Gasteiger partial charge in [-0.25, -0.2) is 5.48 Å². The number of amides is 2. The highest BCUT2D eigenvalue weighted by Gasteiger charge is 2.34. The fourth-order valence-corrected chi connectivity index (χ4v) is 4.34. The Bertz CT molecular complexity index is 878. The summed E-state index contributed by atoms with van der Waals surface area (Å²) in [6.45, 7) is 0.755. The van der Waals surface area contributed by atoms with E-state index < -0.39 is 5.91 Å². The van der Waals surface area contributed by atoms with Crippen LogP contribution in [0.2, 0.25) is 0 Å². The molecule has 6 heteroatoms. The van der Waals surface area contributed by atoms with Gasteiger partial charge >= 0.3 is 0 Å². The molecule has 1 atom stereocenters. The number of ether oxygens (including phenoxy) is 1. The van der Waals surface area contributed by atoms with Crippen molar-refractivity contribution >= 4 is 11.8 Å². The average Bonchev–Trinajstić information content (AvgIpc) is 2.98. The quantitative estimate of drug-likeness (QED) is 0.612. The van der Waals surface area contributed by atoms with Crippen LogP contribution in [0, 0.1) is 5.92 Å². The highest BCUT2D eigenvalue weighted by atomic mass is 16.5. The first-order chi connectivity index (χ1) is 14.2. The van der Waals surface area contributed by atoms with Crippen LogP contribution in [0.4, 0.5) is 0 Å². The van der Waals surface area contributed by atoms with E-state index in [1.54, 1.807) is 23.7 Å². The Balaban J connectivity index is 1.68. The van der Waals surface area contributed by atoms with Gasteiger partial charge in [0.2, 0.25) is 5.91 Å². The lowest BCUT2D eigenvalue weighted by molar-refractivity contribution is -0.140. The molecular formula is C23H26N2O4. The lowest BCUT2D eigenvalue weighted by Gasteiger charge is -2.34. The fraction of sp³-hybridized carbons (Fsp3) is 0.391. The van der Waals surface area contributed by atoms with Crippen LogP contribution in [-0.4, -0.2) is 28.5 Å². The molecule has 1 fully saturated rings. The van der Waals surface area contributed by atoms with E-state index in [1.807, 2.05) is 35.2 Å². The van der Waals surface area contributed by atoms with E-state index in [-0.39, 0.29) is 17.9 Å². The van der Waals surface area contributed by atoms with Crippen molar-refractivity contribution in [3.05, 3.63) is 65.2 Å². The van der Waals surface area contributed by atoms with Gasteiger partial charge in [0.1, 0.15) is 12.4 Å². The minimum atomic E-state index is -0.588. The summed E-state index contributed by atoms with van der Waals surface area (Å²) in [5.41, 5.74) is 3.87. The molecule has 2 amide bonds. The summed E-state index contributed by atoms with van der Waals surface area (Å²) in [4.78, 5) is 27.2. The molecule has 29 heavy (non-hydrogen) atoms. The van der Waals surface area contributed by atoms with Gasteiger partial charge in [-0.2, -0.15) is 0 Å². The molecule has 1 heterocycles. The Morgan fingerprint density at radius 2 is 1.79 bits per heavy atom. The third-order valence-electron chi connectivity index (χ3n) is 5.97. The number of carbonyl (C=O) groups excluding carboxylic acids is 2. The van der Waals surface area contributed by atoms with Crippen molar-refractivity contribution < 1.29 is 19.5 Å². The van der Waals surface area contributed by atoms with Gasteiger partial charge in [-0.05, 0) is 30.5 Å². The van der Waals surface area contributed by atoms with E-state index in [2.05, 4.69) is 0 Å². The van der Waals surface area contributed by atoms with Gasteiger partial charge < -0.3 is 9.64 Å². The van der Waals surface area contributed by atoms with Crippen LogP contribution in [0.1, 0.15) is 59.6 Å². The zero-order valence-electron chi connectivity index (χ0n) is 16.3. The van der Waals surface area contributed by atoms with Gasteiger partial charge in [-0.1, -0.05) is 55.7 Å². The number of nitrogens with zero attached hydrogens (tertiary/aromatic N) is 1. The molecule has 0 radical (unpaired) electrons. The highest BCUT2D eigenvalue weighted by molar-refractivity contribution is 5.93. The molecule has 0 bridgehead atoms. The van der Waals surface area contributed by atoms with E-state index >= 15 is 0 Å². The SMILES string of the molecule is O=C(NO)c1ccc2c(c1)OC[C@H](c1ccccc1)N(C(=O)C1CCCCC1)C2. The lowest BCUT2D eigenvalue weighted by Crippen LogP contribution is -2.40. The summed E-state index contributed by atoms with van der Waals surface area (Å²) in [5, 5.41) is 8.90. The number of hydroxylamine groups is 1. The highest BCUT2D eigenvalue weighted by Crippen LogP contribution is 2.35. The van der Waals surface area contributed by atoms with Crippen LogP contribution in [0.5, 0.6) is 5.75 Å². The van der Waals surface area contributed by atoms with E-state index in [9.17, 15) is 9.59 Å². The third kappa shape index (κ3) is 4.12. The summed E-state index contributed by atoms with van der Waals surface area (Å²) < 4.78 is 6.06. The third-order valence-corrected chi connectivity index (χ3v) is 5.97. The molecule has 2 aliphatic rings. The molecule has 152 valence electrons. The summed E-state index contributed by atoms with van der Waals surface area (Å²) in [7, 11) is 0. The number of fused-ring (bicyclic) bond motifs is 1. The van der Waals surface area contributed by atoms with Gasteiger partial charge in [0, 0.05) is 17.0 Å². The number of nitrogens with one attached hydrogen (secondary N) is 1. The predicted octanol–water partition coefficient (Wildman–Crippen LogP) is 3.85. The van der Waals surface area contributed by atoms with Crippen LogP contribution in [0.25, 0.3) is 0 Å². The second-order valence-corrected chi connectivity index (χ2v) is 7.80. The Kier molecular flexibility index (Phi) is 5.81. The maximum Gasteiger partial charge on any atom is 0.274 e. The predicted molar refractivity (Wildman–Crippen MR) is 107 cm³/mol. The van der Waals surface area contributed by atoms with Gasteiger partial charge in [0.05, 0.1) is 12.6 Å². The molecule has 6 nitrogen and oxygen atoms in total. The van der Waals surface area contributed by atoms with Gasteiger partial charge in [-0.15, -0.1) is 0 Å². The molecule has 2 aromatic carbocycles. The first kappa shape index (κ1) is 19.5. The van der Waals surface area contributed by atoms with E-state index in [0.717, 1.165) is 36.8 Å². The fourth-order valence-electron chi connectivity index (χ4n) is 4.34. The first-order valence-electron chi connectivity index (χ1n) is 10.2. The molecule has 4 rings (SSSR count). The Morgan fingerprint density at radius 1 is 1.03 bits per heavy atom. The van der Waals surface area contributed by atoms with Crippen molar-refractivity contribution in [3.63, 3.8) is 0 Å². The molecule has 0 spiro atoms. The smallest absolute Gasteiger partial charge is 0.274 e. The summed E-state index contributed by atoms with van der Waals surface area (Å²) in [5.74, 6) is 0.240. The Morgan fingerprint density at radius 3 is 2.52 bits per heavy atom. The monoisotopic (exact) mass is 394 g/mol. The van der Waals surface area contributed by atoms with Crippen molar-refractivity contribution in [3.8, 4) is 5.75 Å².